The highest BCUT2D eigenvalue weighted by Crippen LogP contribution is 2.19. The summed E-state index contributed by atoms with van der Waals surface area (Å²) in [5.41, 5.74) is 0.945. The Morgan fingerprint density at radius 3 is 2.43 bits per heavy atom. The molecule has 0 saturated carbocycles. The average molecular weight is 317 g/mol. The highest BCUT2D eigenvalue weighted by molar-refractivity contribution is 5.92. The summed E-state index contributed by atoms with van der Waals surface area (Å²) < 4.78 is 10.1. The molecule has 0 bridgehead atoms. The third-order valence-electron chi connectivity index (χ3n) is 3.96. The Bertz CT molecular complexity index is 557. The standard InChI is InChI=1S/C18H23NO4/c1-3-23-18(21)15-10-12-19(13-11-15)17(20)9-6-14-4-7-16(22-2)8-5-14/h4-9,15H,3,10-13H2,1-2H3/b9-6+. The Morgan fingerprint density at radius 1 is 1.22 bits per heavy atom. The number of esters is 1. The minimum atomic E-state index is -0.145. The second-order valence-electron chi connectivity index (χ2n) is 5.46. The van der Waals surface area contributed by atoms with Crippen molar-refractivity contribution in [3.8, 4) is 5.75 Å². The van der Waals surface area contributed by atoms with Gasteiger partial charge >= 0.3 is 5.97 Å². The molecule has 23 heavy (non-hydrogen) atoms. The first kappa shape index (κ1) is 17.1. The highest BCUT2D eigenvalue weighted by atomic mass is 16.5. The van der Waals surface area contributed by atoms with Gasteiger partial charge in [0.05, 0.1) is 19.6 Å². The fourth-order valence-corrected chi connectivity index (χ4v) is 2.58. The molecule has 5 nitrogen and oxygen atoms in total. The van der Waals surface area contributed by atoms with Gasteiger partial charge in [-0.25, -0.2) is 0 Å². The van der Waals surface area contributed by atoms with Gasteiger partial charge in [-0.05, 0) is 43.5 Å². The minimum Gasteiger partial charge on any atom is -0.497 e. The lowest BCUT2D eigenvalue weighted by Gasteiger charge is -2.30. The molecule has 0 unspecified atom stereocenters. The van der Waals surface area contributed by atoms with Crippen LogP contribution in [0.1, 0.15) is 25.3 Å². The predicted molar refractivity (Wildman–Crippen MR) is 88.0 cm³/mol. The number of carbonyl (C=O) groups is 2. The zero-order valence-corrected chi connectivity index (χ0v) is 13.7. The van der Waals surface area contributed by atoms with Crippen LogP contribution in [0.25, 0.3) is 6.08 Å². The van der Waals surface area contributed by atoms with Crippen LogP contribution in [0.4, 0.5) is 0 Å². The molecule has 1 aliphatic heterocycles. The smallest absolute Gasteiger partial charge is 0.309 e. The number of hydrogen-bond acceptors (Lipinski definition) is 4. The minimum absolute atomic E-state index is 0.0249. The SMILES string of the molecule is CCOC(=O)C1CCN(C(=O)/C=C/c2ccc(OC)cc2)CC1. The normalized spacial score (nSPS) is 15.7. The van der Waals surface area contributed by atoms with E-state index in [4.69, 9.17) is 9.47 Å². The van der Waals surface area contributed by atoms with Crippen LogP contribution in [-0.4, -0.2) is 43.6 Å². The molecule has 5 heteroatoms. The van der Waals surface area contributed by atoms with E-state index < -0.39 is 0 Å². The van der Waals surface area contributed by atoms with E-state index in [-0.39, 0.29) is 17.8 Å². The number of benzene rings is 1. The molecular weight excluding hydrogens is 294 g/mol. The molecule has 124 valence electrons. The van der Waals surface area contributed by atoms with Crippen LogP contribution in [0.5, 0.6) is 5.75 Å². The molecule has 2 rings (SSSR count). The number of amides is 1. The Labute approximate surface area is 136 Å². The maximum absolute atomic E-state index is 12.2. The van der Waals surface area contributed by atoms with Crippen molar-refractivity contribution in [2.75, 3.05) is 26.8 Å². The number of ether oxygens (including phenoxy) is 2. The maximum Gasteiger partial charge on any atom is 0.309 e. The molecular formula is C18H23NO4. The summed E-state index contributed by atoms with van der Waals surface area (Å²) in [7, 11) is 1.62. The number of hydrogen-bond donors (Lipinski definition) is 0. The van der Waals surface area contributed by atoms with Crippen LogP contribution in [0.15, 0.2) is 30.3 Å². The molecule has 0 aromatic heterocycles. The predicted octanol–water partition coefficient (Wildman–Crippen LogP) is 2.51. The molecule has 1 heterocycles. The van der Waals surface area contributed by atoms with E-state index in [2.05, 4.69) is 0 Å². The first-order valence-corrected chi connectivity index (χ1v) is 7.91. The van der Waals surface area contributed by atoms with Gasteiger partial charge in [0.25, 0.3) is 0 Å². The van der Waals surface area contributed by atoms with Crippen molar-refractivity contribution in [2.24, 2.45) is 5.92 Å². The molecule has 1 saturated heterocycles. The van der Waals surface area contributed by atoms with Crippen LogP contribution in [0.2, 0.25) is 0 Å². The first-order valence-electron chi connectivity index (χ1n) is 7.91. The summed E-state index contributed by atoms with van der Waals surface area (Å²) >= 11 is 0. The van der Waals surface area contributed by atoms with Crippen LogP contribution in [0, 0.1) is 5.92 Å². The van der Waals surface area contributed by atoms with Gasteiger partial charge in [-0.2, -0.15) is 0 Å². The van der Waals surface area contributed by atoms with E-state index in [0.717, 1.165) is 11.3 Å². The fraction of sp³-hybridized carbons (Fsp3) is 0.444. The Morgan fingerprint density at radius 2 is 1.87 bits per heavy atom. The number of rotatable bonds is 5. The fourth-order valence-electron chi connectivity index (χ4n) is 2.58. The lowest BCUT2D eigenvalue weighted by atomic mass is 9.97. The third-order valence-corrected chi connectivity index (χ3v) is 3.96. The molecule has 0 aliphatic carbocycles. The average Bonchev–Trinajstić information content (AvgIpc) is 2.60. The molecule has 1 aliphatic rings. The zero-order valence-electron chi connectivity index (χ0n) is 13.7. The molecule has 1 aromatic rings. The Hall–Kier alpha value is -2.30. The maximum atomic E-state index is 12.2. The first-order chi connectivity index (χ1) is 11.1. The van der Waals surface area contributed by atoms with Crippen molar-refractivity contribution < 1.29 is 19.1 Å². The van der Waals surface area contributed by atoms with Crippen LogP contribution < -0.4 is 4.74 Å². The monoisotopic (exact) mass is 317 g/mol. The summed E-state index contributed by atoms with van der Waals surface area (Å²) in [6.07, 6.45) is 4.70. The summed E-state index contributed by atoms with van der Waals surface area (Å²) in [6.45, 7) is 3.40. The van der Waals surface area contributed by atoms with Crippen LogP contribution in [0.3, 0.4) is 0 Å². The summed E-state index contributed by atoms with van der Waals surface area (Å²) in [4.78, 5) is 25.7. The van der Waals surface area contributed by atoms with Gasteiger partial charge in [0.2, 0.25) is 5.91 Å². The number of methoxy groups -OCH3 is 1. The molecule has 0 atom stereocenters. The Kier molecular flexibility index (Phi) is 6.20. The lowest BCUT2D eigenvalue weighted by molar-refractivity contribution is -0.150. The highest BCUT2D eigenvalue weighted by Gasteiger charge is 2.27. The van der Waals surface area contributed by atoms with E-state index in [1.807, 2.05) is 24.3 Å². The zero-order chi connectivity index (χ0) is 16.7. The number of nitrogens with zero attached hydrogens (tertiary/aromatic N) is 1. The number of piperidine rings is 1. The van der Waals surface area contributed by atoms with Gasteiger partial charge in [0, 0.05) is 19.2 Å². The molecule has 1 amide bonds. The summed E-state index contributed by atoms with van der Waals surface area (Å²) in [5.74, 6) is 0.538. The van der Waals surface area contributed by atoms with E-state index in [9.17, 15) is 9.59 Å². The van der Waals surface area contributed by atoms with Crippen molar-refractivity contribution in [3.63, 3.8) is 0 Å². The lowest BCUT2D eigenvalue weighted by Crippen LogP contribution is -2.39. The van der Waals surface area contributed by atoms with Gasteiger partial charge in [-0.15, -0.1) is 0 Å². The van der Waals surface area contributed by atoms with Gasteiger partial charge in [0.15, 0.2) is 0 Å². The van der Waals surface area contributed by atoms with Crippen LogP contribution >= 0.6 is 0 Å². The van der Waals surface area contributed by atoms with Gasteiger partial charge < -0.3 is 14.4 Å². The number of carbonyl (C=O) groups excluding carboxylic acids is 2. The molecule has 0 spiro atoms. The molecule has 0 N–H and O–H groups in total. The van der Waals surface area contributed by atoms with E-state index in [1.165, 1.54) is 0 Å². The third kappa shape index (κ3) is 4.84. The van der Waals surface area contributed by atoms with Crippen molar-refractivity contribution in [3.05, 3.63) is 35.9 Å². The molecule has 1 aromatic carbocycles. The van der Waals surface area contributed by atoms with Crippen molar-refractivity contribution in [1.82, 2.24) is 4.90 Å². The van der Waals surface area contributed by atoms with E-state index in [1.54, 1.807) is 31.1 Å². The van der Waals surface area contributed by atoms with Crippen molar-refractivity contribution in [1.29, 1.82) is 0 Å². The second kappa shape index (κ2) is 8.36. The quantitative estimate of drug-likeness (QED) is 0.618. The van der Waals surface area contributed by atoms with Gasteiger partial charge in [-0.1, -0.05) is 12.1 Å². The van der Waals surface area contributed by atoms with E-state index >= 15 is 0 Å². The van der Waals surface area contributed by atoms with Crippen molar-refractivity contribution >= 4 is 18.0 Å². The molecule has 1 fully saturated rings. The molecule has 0 radical (unpaired) electrons. The Balaban J connectivity index is 1.84. The van der Waals surface area contributed by atoms with Crippen molar-refractivity contribution in [2.45, 2.75) is 19.8 Å². The topological polar surface area (TPSA) is 55.8 Å². The van der Waals surface area contributed by atoms with Crippen LogP contribution in [-0.2, 0) is 14.3 Å². The van der Waals surface area contributed by atoms with E-state index in [0.29, 0.717) is 32.5 Å². The second-order valence-corrected chi connectivity index (χ2v) is 5.46. The van der Waals surface area contributed by atoms with Gasteiger partial charge in [-0.3, -0.25) is 9.59 Å². The largest absolute Gasteiger partial charge is 0.497 e. The van der Waals surface area contributed by atoms with Gasteiger partial charge in [0.1, 0.15) is 5.75 Å². The summed E-state index contributed by atoms with van der Waals surface area (Å²) in [6, 6.07) is 7.51. The number of likely N-dealkylation sites (tertiary alicyclic amines) is 1. The summed E-state index contributed by atoms with van der Waals surface area (Å²) in [5, 5.41) is 0.